The summed E-state index contributed by atoms with van der Waals surface area (Å²) in [6.07, 6.45) is 18.3. The SMILES string of the molecule is N#Cc1cc(-c2ccccn2)ccc1/C=C\c1cc(C=Cc2ccc(-c3ccccn3)cc2-c2ccccc2)cc(/C=C\c2ccc(-c3ccccn3)cc2-c2ccccc2)c1. The topological polar surface area (TPSA) is 62.5 Å². The van der Waals surface area contributed by atoms with Crippen LogP contribution in [0.5, 0.6) is 0 Å². The average Bonchev–Trinajstić information content (AvgIpc) is 3.35. The van der Waals surface area contributed by atoms with Gasteiger partial charge in [-0.2, -0.15) is 5.26 Å². The summed E-state index contributed by atoms with van der Waals surface area (Å²) in [4.78, 5) is 13.7. The number of pyridine rings is 3. The highest BCUT2D eigenvalue weighted by Crippen LogP contribution is 2.33. The van der Waals surface area contributed by atoms with Gasteiger partial charge in [-0.15, -0.1) is 0 Å². The molecule has 292 valence electrons. The Hall–Kier alpha value is -8.52. The Kier molecular flexibility index (Phi) is 11.7. The van der Waals surface area contributed by atoms with E-state index in [0.29, 0.717) is 5.56 Å². The third-order valence-electron chi connectivity index (χ3n) is 10.7. The molecule has 0 fully saturated rings. The fourth-order valence-corrected chi connectivity index (χ4v) is 7.56. The van der Waals surface area contributed by atoms with Crippen molar-refractivity contribution in [2.75, 3.05) is 0 Å². The molecule has 4 nitrogen and oxygen atoms in total. The minimum Gasteiger partial charge on any atom is -0.256 e. The van der Waals surface area contributed by atoms with E-state index in [1.165, 1.54) is 0 Å². The molecule has 3 aromatic heterocycles. The zero-order valence-electron chi connectivity index (χ0n) is 33.9. The van der Waals surface area contributed by atoms with Crippen LogP contribution in [0.1, 0.15) is 38.9 Å². The summed E-state index contributed by atoms with van der Waals surface area (Å²) in [5.41, 5.74) is 17.0. The number of benzene rings is 6. The fourth-order valence-electron chi connectivity index (χ4n) is 7.56. The van der Waals surface area contributed by atoms with E-state index in [1.807, 2.05) is 103 Å². The molecule has 9 aromatic rings. The minimum absolute atomic E-state index is 0.589. The molecule has 0 spiro atoms. The molecule has 4 heteroatoms. The predicted molar refractivity (Wildman–Crippen MR) is 258 cm³/mol. The molecule has 0 radical (unpaired) electrons. The van der Waals surface area contributed by atoms with E-state index in [2.05, 4.69) is 155 Å². The van der Waals surface area contributed by atoms with Crippen molar-refractivity contribution in [3.05, 3.63) is 246 Å². The molecular formula is C58H40N4. The summed E-state index contributed by atoms with van der Waals surface area (Å²) in [7, 11) is 0. The van der Waals surface area contributed by atoms with Gasteiger partial charge in [0.15, 0.2) is 0 Å². The van der Waals surface area contributed by atoms with Gasteiger partial charge < -0.3 is 0 Å². The largest absolute Gasteiger partial charge is 0.256 e. The van der Waals surface area contributed by atoms with Crippen LogP contribution in [0.4, 0.5) is 0 Å². The quantitative estimate of drug-likeness (QED) is 0.122. The van der Waals surface area contributed by atoms with E-state index in [-0.39, 0.29) is 0 Å². The molecule has 0 saturated carbocycles. The van der Waals surface area contributed by atoms with Crippen molar-refractivity contribution in [1.82, 2.24) is 15.0 Å². The van der Waals surface area contributed by atoms with Gasteiger partial charge >= 0.3 is 0 Å². The zero-order chi connectivity index (χ0) is 41.9. The van der Waals surface area contributed by atoms with E-state index >= 15 is 0 Å². The predicted octanol–water partition coefficient (Wildman–Crippen LogP) is 14.6. The van der Waals surface area contributed by atoms with E-state index in [0.717, 1.165) is 89.4 Å². The Morgan fingerprint density at radius 3 is 1.08 bits per heavy atom. The van der Waals surface area contributed by atoms with E-state index in [1.54, 1.807) is 6.20 Å². The van der Waals surface area contributed by atoms with Gasteiger partial charge in [0.2, 0.25) is 0 Å². The second-order valence-electron chi connectivity index (χ2n) is 14.8. The van der Waals surface area contributed by atoms with Gasteiger partial charge in [0.1, 0.15) is 0 Å². The van der Waals surface area contributed by atoms with Crippen molar-refractivity contribution in [2.45, 2.75) is 0 Å². The van der Waals surface area contributed by atoms with Gasteiger partial charge in [-0.05, 0) is 128 Å². The number of hydrogen-bond donors (Lipinski definition) is 0. The molecule has 0 aliphatic rings. The number of nitriles is 1. The van der Waals surface area contributed by atoms with Crippen molar-refractivity contribution in [3.8, 4) is 62.1 Å². The van der Waals surface area contributed by atoms with Crippen molar-refractivity contribution in [3.63, 3.8) is 0 Å². The third kappa shape index (κ3) is 9.19. The maximum Gasteiger partial charge on any atom is 0.0998 e. The summed E-state index contributed by atoms with van der Waals surface area (Å²) >= 11 is 0. The molecule has 6 aromatic carbocycles. The zero-order valence-corrected chi connectivity index (χ0v) is 33.9. The molecule has 0 amide bonds. The van der Waals surface area contributed by atoms with Crippen molar-refractivity contribution >= 4 is 36.5 Å². The molecule has 0 unspecified atom stereocenters. The molecule has 0 saturated heterocycles. The van der Waals surface area contributed by atoms with Crippen LogP contribution in [0.15, 0.2) is 207 Å². The molecule has 0 bridgehead atoms. The van der Waals surface area contributed by atoms with Crippen LogP contribution in [-0.4, -0.2) is 15.0 Å². The molecule has 0 N–H and O–H groups in total. The molecule has 3 heterocycles. The molecule has 9 rings (SSSR count). The molecule has 62 heavy (non-hydrogen) atoms. The summed E-state index contributed by atoms with van der Waals surface area (Å²) < 4.78 is 0. The van der Waals surface area contributed by atoms with Crippen LogP contribution in [-0.2, 0) is 0 Å². The van der Waals surface area contributed by atoms with Gasteiger partial charge in [-0.1, -0.05) is 152 Å². The van der Waals surface area contributed by atoms with Gasteiger partial charge in [0.05, 0.1) is 28.7 Å². The van der Waals surface area contributed by atoms with Crippen LogP contribution < -0.4 is 0 Å². The third-order valence-corrected chi connectivity index (χ3v) is 10.7. The Labute approximate surface area is 362 Å². The van der Waals surface area contributed by atoms with Gasteiger partial charge in [0.25, 0.3) is 0 Å². The lowest BCUT2D eigenvalue weighted by Gasteiger charge is -2.11. The maximum absolute atomic E-state index is 10.2. The number of rotatable bonds is 11. The first kappa shape index (κ1) is 39.0. The van der Waals surface area contributed by atoms with E-state index < -0.39 is 0 Å². The molecule has 0 aliphatic heterocycles. The number of aromatic nitrogens is 3. The lowest BCUT2D eigenvalue weighted by Crippen LogP contribution is -1.89. The van der Waals surface area contributed by atoms with Crippen LogP contribution in [0, 0.1) is 11.3 Å². The van der Waals surface area contributed by atoms with Crippen molar-refractivity contribution in [2.24, 2.45) is 0 Å². The van der Waals surface area contributed by atoms with Crippen LogP contribution >= 0.6 is 0 Å². The highest BCUT2D eigenvalue weighted by molar-refractivity contribution is 5.87. The van der Waals surface area contributed by atoms with Gasteiger partial charge in [-0.3, -0.25) is 15.0 Å². The van der Waals surface area contributed by atoms with Crippen LogP contribution in [0.25, 0.3) is 92.5 Å². The Morgan fingerprint density at radius 1 is 0.323 bits per heavy atom. The second kappa shape index (κ2) is 18.6. The first-order valence-corrected chi connectivity index (χ1v) is 20.5. The highest BCUT2D eigenvalue weighted by atomic mass is 14.7. The highest BCUT2D eigenvalue weighted by Gasteiger charge is 2.10. The van der Waals surface area contributed by atoms with Crippen molar-refractivity contribution < 1.29 is 0 Å². The van der Waals surface area contributed by atoms with Crippen LogP contribution in [0.2, 0.25) is 0 Å². The summed E-state index contributed by atoms with van der Waals surface area (Å²) in [5.74, 6) is 0. The fraction of sp³-hybridized carbons (Fsp3) is 0. The molecule has 0 atom stereocenters. The normalized spacial score (nSPS) is 11.3. The van der Waals surface area contributed by atoms with E-state index in [4.69, 9.17) is 0 Å². The monoisotopic (exact) mass is 792 g/mol. The lowest BCUT2D eigenvalue weighted by molar-refractivity contribution is 1.32. The lowest BCUT2D eigenvalue weighted by atomic mass is 9.94. The smallest absolute Gasteiger partial charge is 0.0998 e. The van der Waals surface area contributed by atoms with E-state index in [9.17, 15) is 5.26 Å². The molecule has 0 aliphatic carbocycles. The first-order chi connectivity index (χ1) is 30.7. The Morgan fingerprint density at radius 2 is 0.694 bits per heavy atom. The Bertz CT molecular complexity index is 2940. The Balaban J connectivity index is 1.11. The number of nitrogens with zero attached hydrogens (tertiary/aromatic N) is 4. The van der Waals surface area contributed by atoms with Crippen LogP contribution in [0.3, 0.4) is 0 Å². The maximum atomic E-state index is 10.2. The minimum atomic E-state index is 0.589. The van der Waals surface area contributed by atoms with Gasteiger partial charge in [0, 0.05) is 35.3 Å². The second-order valence-corrected chi connectivity index (χ2v) is 14.8. The summed E-state index contributed by atoms with van der Waals surface area (Å²) in [5, 5.41) is 10.2. The molecular weight excluding hydrogens is 753 g/mol. The first-order valence-electron chi connectivity index (χ1n) is 20.5. The standard InChI is InChI=1S/C58H40N4/c59-41-53-38-50(56-17-7-10-32-60-56)29-26-45(53)23-20-42-35-43(21-24-48-27-30-51(57-18-8-11-33-61-57)39-54(48)46-13-3-1-4-14-46)37-44(36-42)22-25-49-28-31-52(58-19-9-12-34-62-58)40-55(49)47-15-5-2-6-16-47/h1-40H/b23-20-,24-21-,25-22?. The average molecular weight is 793 g/mol. The number of hydrogen-bond acceptors (Lipinski definition) is 4. The van der Waals surface area contributed by atoms with Gasteiger partial charge in [-0.25, -0.2) is 0 Å². The summed E-state index contributed by atoms with van der Waals surface area (Å²) in [6.45, 7) is 0. The van der Waals surface area contributed by atoms with Crippen molar-refractivity contribution in [1.29, 1.82) is 5.26 Å². The summed E-state index contributed by atoms with van der Waals surface area (Å²) in [6, 6.07) is 66.7.